The third-order valence-corrected chi connectivity index (χ3v) is 5.66. The van der Waals surface area contributed by atoms with Gasteiger partial charge in [0.25, 0.3) is 5.91 Å². The fourth-order valence-electron chi connectivity index (χ4n) is 3.38. The molecule has 1 fully saturated rings. The van der Waals surface area contributed by atoms with E-state index in [0.29, 0.717) is 22.8 Å². The van der Waals surface area contributed by atoms with Crippen molar-refractivity contribution in [2.24, 2.45) is 0 Å². The van der Waals surface area contributed by atoms with Crippen LogP contribution in [0.15, 0.2) is 30.6 Å². The van der Waals surface area contributed by atoms with E-state index in [2.05, 4.69) is 32.7 Å². The van der Waals surface area contributed by atoms with E-state index in [1.807, 2.05) is 29.2 Å². The highest BCUT2D eigenvalue weighted by Crippen LogP contribution is 2.39. The largest absolute Gasteiger partial charge is 0.480 e. The molecule has 0 aliphatic carbocycles. The van der Waals surface area contributed by atoms with Gasteiger partial charge in [-0.25, -0.2) is 4.98 Å². The molecular weight excluding hydrogens is 445 g/mol. The number of ether oxygens (including phenoxy) is 1. The lowest BCUT2D eigenvalue weighted by molar-refractivity contribution is 0.0793. The van der Waals surface area contributed by atoms with Crippen molar-refractivity contribution in [2.45, 2.75) is 12.8 Å². The molecule has 0 radical (unpaired) electrons. The fourth-order valence-corrected chi connectivity index (χ4v) is 4.40. The number of halogens is 1. The number of nitrogen functional groups attached to an aromatic ring is 1. The zero-order valence-corrected chi connectivity index (χ0v) is 16.4. The molecule has 1 aliphatic heterocycles. The standard InChI is InChI=1S/C18H18IN5O2/c1-26-18-14(19)13(15-16(20)21-10-22-24(15)18)11-4-6-12(7-5-11)17(25)23-8-2-3-9-23/h4-7,10H,2-3,8-9H2,1H3,(H2,20,21,22). The highest BCUT2D eigenvalue weighted by molar-refractivity contribution is 14.1. The van der Waals surface area contributed by atoms with Crippen LogP contribution in [0.1, 0.15) is 23.2 Å². The zero-order valence-electron chi connectivity index (χ0n) is 14.3. The lowest BCUT2D eigenvalue weighted by Gasteiger charge is -2.15. The molecule has 4 rings (SSSR count). The molecule has 0 bridgehead atoms. The Balaban J connectivity index is 1.79. The second-order valence-corrected chi connectivity index (χ2v) is 7.26. The van der Waals surface area contributed by atoms with Crippen LogP contribution in [-0.4, -0.2) is 45.6 Å². The van der Waals surface area contributed by atoms with Gasteiger partial charge in [-0.05, 0) is 53.1 Å². The molecule has 0 unspecified atom stereocenters. The van der Waals surface area contributed by atoms with Crippen molar-refractivity contribution < 1.29 is 9.53 Å². The molecular formula is C18H18IN5O2. The monoisotopic (exact) mass is 463 g/mol. The molecule has 1 aromatic carbocycles. The predicted octanol–water partition coefficient (Wildman–Crippen LogP) is 2.83. The van der Waals surface area contributed by atoms with Gasteiger partial charge in [0.2, 0.25) is 5.88 Å². The average molecular weight is 463 g/mol. The topological polar surface area (TPSA) is 85.8 Å². The number of amides is 1. The number of nitrogens with two attached hydrogens (primary N) is 1. The first kappa shape index (κ1) is 17.1. The van der Waals surface area contributed by atoms with Crippen molar-refractivity contribution in [1.29, 1.82) is 0 Å². The first-order valence-corrected chi connectivity index (χ1v) is 9.44. The Bertz CT molecular complexity index is 977. The van der Waals surface area contributed by atoms with Crippen molar-refractivity contribution in [2.75, 3.05) is 25.9 Å². The molecule has 8 heteroatoms. The number of likely N-dealkylation sites (tertiary alicyclic amines) is 1. The Morgan fingerprint density at radius 2 is 1.92 bits per heavy atom. The lowest BCUT2D eigenvalue weighted by Crippen LogP contribution is -2.27. The van der Waals surface area contributed by atoms with Crippen LogP contribution in [0.3, 0.4) is 0 Å². The highest BCUT2D eigenvalue weighted by Gasteiger charge is 2.23. The molecule has 0 spiro atoms. The van der Waals surface area contributed by atoms with Gasteiger partial charge in [0, 0.05) is 24.2 Å². The number of aromatic nitrogens is 3. The summed E-state index contributed by atoms with van der Waals surface area (Å²) in [7, 11) is 1.60. The van der Waals surface area contributed by atoms with Gasteiger partial charge in [0.05, 0.1) is 10.7 Å². The van der Waals surface area contributed by atoms with Gasteiger partial charge in [0.1, 0.15) is 11.8 Å². The van der Waals surface area contributed by atoms with Crippen molar-refractivity contribution in [3.05, 3.63) is 39.7 Å². The van der Waals surface area contributed by atoms with Gasteiger partial charge < -0.3 is 15.4 Å². The molecule has 0 atom stereocenters. The smallest absolute Gasteiger partial charge is 0.253 e. The summed E-state index contributed by atoms with van der Waals surface area (Å²) in [5.41, 5.74) is 9.34. The Hall–Kier alpha value is -2.36. The number of carbonyl (C=O) groups is 1. The first-order chi connectivity index (χ1) is 12.6. The third-order valence-electron chi connectivity index (χ3n) is 4.66. The Kier molecular flexibility index (Phi) is 4.43. The molecule has 1 amide bonds. The number of benzene rings is 1. The van der Waals surface area contributed by atoms with E-state index in [-0.39, 0.29) is 5.91 Å². The van der Waals surface area contributed by atoms with Crippen molar-refractivity contribution in [3.63, 3.8) is 0 Å². The average Bonchev–Trinajstić information content (AvgIpc) is 3.28. The summed E-state index contributed by atoms with van der Waals surface area (Å²) < 4.78 is 8.05. The Labute approximate surface area is 164 Å². The number of hydrogen-bond donors (Lipinski definition) is 1. The van der Waals surface area contributed by atoms with Crippen molar-refractivity contribution in [3.8, 4) is 17.0 Å². The van der Waals surface area contributed by atoms with E-state index in [4.69, 9.17) is 10.5 Å². The number of fused-ring (bicyclic) bond motifs is 1. The molecule has 134 valence electrons. The highest BCUT2D eigenvalue weighted by atomic mass is 127. The van der Waals surface area contributed by atoms with Gasteiger partial charge >= 0.3 is 0 Å². The van der Waals surface area contributed by atoms with E-state index in [1.165, 1.54) is 6.33 Å². The molecule has 1 saturated heterocycles. The van der Waals surface area contributed by atoms with Gasteiger partial charge in [-0.3, -0.25) is 4.79 Å². The summed E-state index contributed by atoms with van der Waals surface area (Å²) in [6.45, 7) is 1.68. The maximum Gasteiger partial charge on any atom is 0.253 e. The molecule has 0 saturated carbocycles. The van der Waals surface area contributed by atoms with Gasteiger partial charge in [0.15, 0.2) is 5.82 Å². The normalized spacial score (nSPS) is 14.2. The van der Waals surface area contributed by atoms with Crippen LogP contribution < -0.4 is 10.5 Å². The van der Waals surface area contributed by atoms with E-state index < -0.39 is 0 Å². The van der Waals surface area contributed by atoms with Crippen LogP contribution in [0.4, 0.5) is 5.82 Å². The molecule has 3 aromatic rings. The second-order valence-electron chi connectivity index (χ2n) is 6.18. The molecule has 7 nitrogen and oxygen atoms in total. The molecule has 2 N–H and O–H groups in total. The number of rotatable bonds is 3. The molecule has 1 aliphatic rings. The third kappa shape index (κ3) is 2.68. The number of anilines is 1. The van der Waals surface area contributed by atoms with Crippen LogP contribution in [-0.2, 0) is 0 Å². The van der Waals surface area contributed by atoms with Gasteiger partial charge in [-0.2, -0.15) is 9.61 Å². The van der Waals surface area contributed by atoms with E-state index >= 15 is 0 Å². The zero-order chi connectivity index (χ0) is 18.3. The van der Waals surface area contributed by atoms with E-state index in [1.54, 1.807) is 11.6 Å². The van der Waals surface area contributed by atoms with E-state index in [0.717, 1.165) is 40.6 Å². The van der Waals surface area contributed by atoms with E-state index in [9.17, 15) is 4.79 Å². The number of methoxy groups -OCH3 is 1. The van der Waals surface area contributed by atoms with Crippen molar-refractivity contribution in [1.82, 2.24) is 19.5 Å². The SMILES string of the molecule is COc1c(I)c(-c2ccc(C(=O)N3CCCC3)cc2)c2c(N)ncnn12. The van der Waals surface area contributed by atoms with Crippen LogP contribution in [0.25, 0.3) is 16.6 Å². The Morgan fingerprint density at radius 3 is 2.58 bits per heavy atom. The Morgan fingerprint density at radius 1 is 1.23 bits per heavy atom. The number of carbonyl (C=O) groups excluding carboxylic acids is 1. The van der Waals surface area contributed by atoms with Crippen molar-refractivity contribution >= 4 is 39.8 Å². The minimum Gasteiger partial charge on any atom is -0.480 e. The lowest BCUT2D eigenvalue weighted by atomic mass is 10.0. The molecule has 26 heavy (non-hydrogen) atoms. The summed E-state index contributed by atoms with van der Waals surface area (Å²) in [5, 5.41) is 4.25. The van der Waals surface area contributed by atoms with Crippen LogP contribution in [0.2, 0.25) is 0 Å². The minimum absolute atomic E-state index is 0.0888. The fraction of sp³-hybridized carbons (Fsp3) is 0.278. The second kappa shape index (κ2) is 6.75. The maximum atomic E-state index is 12.5. The summed E-state index contributed by atoms with van der Waals surface area (Å²) in [4.78, 5) is 18.5. The van der Waals surface area contributed by atoms with Crippen LogP contribution in [0, 0.1) is 3.57 Å². The number of nitrogens with zero attached hydrogens (tertiary/aromatic N) is 4. The van der Waals surface area contributed by atoms with Gasteiger partial charge in [-0.1, -0.05) is 12.1 Å². The quantitative estimate of drug-likeness (QED) is 0.604. The summed E-state index contributed by atoms with van der Waals surface area (Å²) in [6, 6.07) is 7.60. The summed E-state index contributed by atoms with van der Waals surface area (Å²) in [5.74, 6) is 1.08. The van der Waals surface area contributed by atoms with Gasteiger partial charge in [-0.15, -0.1) is 0 Å². The summed E-state index contributed by atoms with van der Waals surface area (Å²) >= 11 is 2.22. The number of hydrogen-bond acceptors (Lipinski definition) is 5. The van der Waals surface area contributed by atoms with Crippen LogP contribution >= 0.6 is 22.6 Å². The first-order valence-electron chi connectivity index (χ1n) is 8.36. The molecule has 2 aromatic heterocycles. The minimum atomic E-state index is 0.0888. The maximum absolute atomic E-state index is 12.5. The summed E-state index contributed by atoms with van der Waals surface area (Å²) in [6.07, 6.45) is 3.57. The van der Waals surface area contributed by atoms with Crippen LogP contribution in [0.5, 0.6) is 5.88 Å². The molecule has 3 heterocycles. The predicted molar refractivity (Wildman–Crippen MR) is 107 cm³/mol.